The Hall–Kier alpha value is -0.520. The topological polar surface area (TPSA) is 0 Å². The third kappa shape index (κ3) is 2.38. The van der Waals surface area contributed by atoms with Crippen LogP contribution in [0.3, 0.4) is 0 Å². The number of rotatable bonds is 3. The predicted octanol–water partition coefficient (Wildman–Crippen LogP) is 7.56. The van der Waals surface area contributed by atoms with Gasteiger partial charge in [0.05, 0.1) is 0 Å². The zero-order chi connectivity index (χ0) is 18.0. The van der Waals surface area contributed by atoms with Crippen molar-refractivity contribution in [2.24, 2.45) is 39.9 Å². The van der Waals surface area contributed by atoms with Crippen LogP contribution in [-0.4, -0.2) is 0 Å². The van der Waals surface area contributed by atoms with Gasteiger partial charge in [-0.25, -0.2) is 0 Å². The molecule has 0 heteroatoms. The first-order chi connectivity index (χ1) is 11.7. The van der Waals surface area contributed by atoms with Gasteiger partial charge in [-0.15, -0.1) is 0 Å². The highest BCUT2D eigenvalue weighted by Gasteiger charge is 2.66. The molecule has 0 saturated heterocycles. The highest BCUT2D eigenvalue weighted by Crippen LogP contribution is 2.74. The van der Waals surface area contributed by atoms with Crippen LogP contribution < -0.4 is 0 Å². The fraction of sp³-hybridized carbons (Fsp3) is 0.840. The number of fused-ring (bicyclic) bond motifs is 2. The molecule has 0 N–H and O–H groups in total. The first-order valence-corrected chi connectivity index (χ1v) is 11.1. The fourth-order valence-corrected chi connectivity index (χ4v) is 8.29. The highest BCUT2D eigenvalue weighted by atomic mass is 14.7. The summed E-state index contributed by atoms with van der Waals surface area (Å²) < 4.78 is 0. The summed E-state index contributed by atoms with van der Waals surface area (Å²) >= 11 is 0. The molecule has 25 heavy (non-hydrogen) atoms. The summed E-state index contributed by atoms with van der Waals surface area (Å²) in [5, 5.41) is 0. The van der Waals surface area contributed by atoms with Gasteiger partial charge in [0.15, 0.2) is 0 Å². The molecule has 7 atom stereocenters. The minimum Gasteiger partial charge on any atom is -0.0859 e. The Bertz CT molecular complexity index is 606. The second kappa shape index (κ2) is 5.74. The Balaban J connectivity index is 1.74. The standard InChI is InChI=1S/C25H40/c1-17(2)8-7-12-23(5)14-15-24(6)16-21-18(3)11-13-25(21)19(4)9-10-20(25)22(23)24/h8,16,18-20,22H,7,9-15H2,1-6H3/t18-,19-,20-,22+,23-,24+,25-/m0/s1. The second-order valence-electron chi connectivity index (χ2n) is 11.1. The van der Waals surface area contributed by atoms with Crippen molar-refractivity contribution >= 4 is 0 Å². The largest absolute Gasteiger partial charge is 0.0859 e. The second-order valence-corrected chi connectivity index (χ2v) is 11.1. The van der Waals surface area contributed by atoms with Crippen molar-refractivity contribution in [3.63, 3.8) is 0 Å². The van der Waals surface area contributed by atoms with Crippen molar-refractivity contribution in [2.75, 3.05) is 0 Å². The van der Waals surface area contributed by atoms with E-state index in [4.69, 9.17) is 0 Å². The van der Waals surface area contributed by atoms with Crippen molar-refractivity contribution in [3.8, 4) is 0 Å². The van der Waals surface area contributed by atoms with Crippen molar-refractivity contribution in [3.05, 3.63) is 23.3 Å². The molecule has 0 aliphatic heterocycles. The molecule has 0 aromatic heterocycles. The first-order valence-electron chi connectivity index (χ1n) is 11.1. The molecule has 4 aliphatic carbocycles. The summed E-state index contributed by atoms with van der Waals surface area (Å²) in [6.45, 7) is 14.9. The molecule has 4 aliphatic rings. The molecule has 0 aromatic rings. The first kappa shape index (κ1) is 17.9. The molecule has 4 rings (SSSR count). The lowest BCUT2D eigenvalue weighted by molar-refractivity contribution is 0.00621. The Morgan fingerprint density at radius 3 is 2.56 bits per heavy atom. The molecule has 0 nitrogen and oxygen atoms in total. The summed E-state index contributed by atoms with van der Waals surface area (Å²) in [6, 6.07) is 0. The summed E-state index contributed by atoms with van der Waals surface area (Å²) in [5.74, 6) is 3.65. The zero-order valence-corrected chi connectivity index (χ0v) is 17.6. The summed E-state index contributed by atoms with van der Waals surface area (Å²) in [7, 11) is 0. The normalized spacial score (nSPS) is 50.9. The van der Waals surface area contributed by atoms with Gasteiger partial charge in [0.25, 0.3) is 0 Å². The van der Waals surface area contributed by atoms with E-state index in [0.29, 0.717) is 16.2 Å². The van der Waals surface area contributed by atoms with E-state index in [-0.39, 0.29) is 0 Å². The van der Waals surface area contributed by atoms with Crippen LogP contribution in [0.4, 0.5) is 0 Å². The molecule has 0 bridgehead atoms. The molecule has 3 saturated carbocycles. The van der Waals surface area contributed by atoms with E-state index < -0.39 is 0 Å². The predicted molar refractivity (Wildman–Crippen MR) is 108 cm³/mol. The van der Waals surface area contributed by atoms with Gasteiger partial charge in [-0.05, 0) is 105 Å². The zero-order valence-electron chi connectivity index (χ0n) is 17.6. The lowest BCUT2D eigenvalue weighted by Gasteiger charge is -2.54. The SMILES string of the molecule is CC(C)=CCC[C@@]1(C)CC[C@]2(C)C=C3[C@@H](C)CC[C@@]34[C@@H](C)CC[C@H]4[C@H]12. The Kier molecular flexibility index (Phi) is 4.10. The highest BCUT2D eigenvalue weighted by molar-refractivity contribution is 5.35. The van der Waals surface area contributed by atoms with Gasteiger partial charge in [-0.3, -0.25) is 0 Å². The summed E-state index contributed by atoms with van der Waals surface area (Å²) in [6.07, 6.45) is 16.8. The fourth-order valence-electron chi connectivity index (χ4n) is 8.29. The van der Waals surface area contributed by atoms with Crippen LogP contribution in [0.2, 0.25) is 0 Å². The van der Waals surface area contributed by atoms with Gasteiger partial charge >= 0.3 is 0 Å². The third-order valence-electron chi connectivity index (χ3n) is 9.36. The molecule has 1 spiro atoms. The molecule has 0 heterocycles. The maximum absolute atomic E-state index is 2.86. The number of hydrogen-bond donors (Lipinski definition) is 0. The molecular formula is C25H40. The van der Waals surface area contributed by atoms with E-state index in [9.17, 15) is 0 Å². The third-order valence-corrected chi connectivity index (χ3v) is 9.36. The number of allylic oxidation sites excluding steroid dienone is 4. The van der Waals surface area contributed by atoms with Crippen LogP contribution >= 0.6 is 0 Å². The maximum Gasteiger partial charge on any atom is -0.00280 e. The van der Waals surface area contributed by atoms with Crippen molar-refractivity contribution < 1.29 is 0 Å². The molecule has 0 aromatic carbocycles. The van der Waals surface area contributed by atoms with E-state index in [0.717, 1.165) is 23.7 Å². The van der Waals surface area contributed by atoms with Gasteiger partial charge in [0.2, 0.25) is 0 Å². The van der Waals surface area contributed by atoms with Crippen LogP contribution in [0.15, 0.2) is 23.3 Å². The lowest BCUT2D eigenvalue weighted by atomic mass is 9.50. The Labute approximate surface area is 156 Å². The van der Waals surface area contributed by atoms with Gasteiger partial charge in [0.1, 0.15) is 0 Å². The molecule has 0 amide bonds. The summed E-state index contributed by atoms with van der Waals surface area (Å²) in [4.78, 5) is 0. The molecule has 3 fully saturated rings. The van der Waals surface area contributed by atoms with Crippen LogP contribution in [0, 0.1) is 39.9 Å². The minimum atomic E-state index is 0.478. The van der Waals surface area contributed by atoms with Crippen molar-refractivity contribution in [2.45, 2.75) is 92.9 Å². The quantitative estimate of drug-likeness (QED) is 0.465. The Morgan fingerprint density at radius 1 is 1.08 bits per heavy atom. The van der Waals surface area contributed by atoms with E-state index in [1.165, 1.54) is 56.9 Å². The van der Waals surface area contributed by atoms with Gasteiger partial charge in [-0.2, -0.15) is 0 Å². The van der Waals surface area contributed by atoms with Gasteiger partial charge in [0, 0.05) is 0 Å². The molecule has 0 unspecified atom stereocenters. The van der Waals surface area contributed by atoms with E-state index in [1.54, 1.807) is 0 Å². The molecule has 140 valence electrons. The van der Waals surface area contributed by atoms with E-state index >= 15 is 0 Å². The van der Waals surface area contributed by atoms with Crippen LogP contribution in [0.1, 0.15) is 92.9 Å². The van der Waals surface area contributed by atoms with Crippen LogP contribution in [0.5, 0.6) is 0 Å². The van der Waals surface area contributed by atoms with Crippen LogP contribution in [0.25, 0.3) is 0 Å². The average molecular weight is 341 g/mol. The van der Waals surface area contributed by atoms with Gasteiger partial charge in [-0.1, -0.05) is 51.0 Å². The number of hydrogen-bond acceptors (Lipinski definition) is 0. The monoisotopic (exact) mass is 340 g/mol. The average Bonchev–Trinajstić information content (AvgIpc) is 3.12. The molecule has 0 radical (unpaired) electrons. The van der Waals surface area contributed by atoms with Crippen molar-refractivity contribution in [1.29, 1.82) is 0 Å². The lowest BCUT2D eigenvalue weighted by Crippen LogP contribution is -2.47. The maximum atomic E-state index is 2.86. The Morgan fingerprint density at radius 2 is 1.84 bits per heavy atom. The minimum absolute atomic E-state index is 0.478. The summed E-state index contributed by atoms with van der Waals surface area (Å²) in [5.41, 5.74) is 5.02. The molecular weight excluding hydrogens is 300 g/mol. The van der Waals surface area contributed by atoms with Gasteiger partial charge < -0.3 is 0 Å². The smallest absolute Gasteiger partial charge is 0.00280 e. The van der Waals surface area contributed by atoms with Crippen molar-refractivity contribution in [1.82, 2.24) is 0 Å². The van der Waals surface area contributed by atoms with E-state index in [2.05, 4.69) is 53.7 Å². The van der Waals surface area contributed by atoms with E-state index in [1.807, 2.05) is 5.57 Å². The van der Waals surface area contributed by atoms with Crippen LogP contribution in [-0.2, 0) is 0 Å².